The lowest BCUT2D eigenvalue weighted by Gasteiger charge is -2.32. The van der Waals surface area contributed by atoms with Gasteiger partial charge in [-0.15, -0.1) is 11.3 Å². The van der Waals surface area contributed by atoms with Crippen LogP contribution in [0.4, 0.5) is 0 Å². The van der Waals surface area contributed by atoms with Crippen LogP contribution in [0.3, 0.4) is 0 Å². The van der Waals surface area contributed by atoms with E-state index >= 15 is 0 Å². The Morgan fingerprint density at radius 2 is 2.29 bits per heavy atom. The zero-order chi connectivity index (χ0) is 12.4. The summed E-state index contributed by atoms with van der Waals surface area (Å²) in [7, 11) is 0. The second-order valence-corrected chi connectivity index (χ2v) is 5.85. The molecule has 17 heavy (non-hydrogen) atoms. The monoisotopic (exact) mass is 254 g/mol. The minimum Gasteiger partial charge on any atom is -0.480 e. The molecule has 1 unspecified atom stereocenters. The molecule has 1 atom stereocenters. The number of rotatable bonds is 3. The molecule has 1 aromatic heterocycles. The van der Waals surface area contributed by atoms with Gasteiger partial charge in [-0.1, -0.05) is 6.42 Å². The molecule has 2 heterocycles. The Balaban J connectivity index is 2.10. The minimum atomic E-state index is -0.691. The first kappa shape index (κ1) is 12.5. The minimum absolute atomic E-state index is 0.314. The van der Waals surface area contributed by atoms with Crippen molar-refractivity contribution >= 4 is 17.3 Å². The number of carboxylic acids is 1. The van der Waals surface area contributed by atoms with Gasteiger partial charge in [0, 0.05) is 11.4 Å². The molecule has 1 saturated heterocycles. The highest BCUT2D eigenvalue weighted by atomic mass is 32.1. The van der Waals surface area contributed by atoms with E-state index in [0.29, 0.717) is 0 Å². The van der Waals surface area contributed by atoms with Gasteiger partial charge in [-0.05, 0) is 33.2 Å². The third-order valence-corrected chi connectivity index (χ3v) is 4.30. The average Bonchev–Trinajstić information content (AvgIpc) is 2.58. The highest BCUT2D eigenvalue weighted by Crippen LogP contribution is 2.24. The molecule has 5 heteroatoms. The third kappa shape index (κ3) is 2.84. The maximum Gasteiger partial charge on any atom is 0.320 e. The lowest BCUT2D eigenvalue weighted by atomic mass is 10.0. The van der Waals surface area contributed by atoms with Gasteiger partial charge in [-0.25, -0.2) is 4.98 Å². The summed E-state index contributed by atoms with van der Waals surface area (Å²) in [4.78, 5) is 18.9. The largest absolute Gasteiger partial charge is 0.480 e. The summed E-state index contributed by atoms with van der Waals surface area (Å²) in [5.74, 6) is -0.691. The van der Waals surface area contributed by atoms with Gasteiger partial charge in [0.15, 0.2) is 0 Å². The van der Waals surface area contributed by atoms with Crippen molar-refractivity contribution < 1.29 is 9.90 Å². The number of carbonyl (C=O) groups is 1. The Morgan fingerprint density at radius 3 is 2.88 bits per heavy atom. The van der Waals surface area contributed by atoms with E-state index in [1.807, 2.05) is 13.8 Å². The number of thiazole rings is 1. The van der Waals surface area contributed by atoms with Crippen LogP contribution in [0.2, 0.25) is 0 Å². The zero-order valence-corrected chi connectivity index (χ0v) is 11.1. The summed E-state index contributed by atoms with van der Waals surface area (Å²) in [6.45, 7) is 5.60. The van der Waals surface area contributed by atoms with Gasteiger partial charge in [0.05, 0.1) is 10.7 Å². The van der Waals surface area contributed by atoms with E-state index in [4.69, 9.17) is 0 Å². The predicted octanol–water partition coefficient (Wildman–Crippen LogP) is 2.20. The van der Waals surface area contributed by atoms with Crippen LogP contribution in [-0.4, -0.2) is 33.5 Å². The molecule has 1 aromatic rings. The number of nitrogens with zero attached hydrogens (tertiary/aromatic N) is 2. The summed E-state index contributed by atoms with van der Waals surface area (Å²) in [6, 6.07) is -0.314. The first-order valence-corrected chi connectivity index (χ1v) is 6.79. The van der Waals surface area contributed by atoms with Gasteiger partial charge in [-0.3, -0.25) is 9.69 Å². The van der Waals surface area contributed by atoms with Crippen LogP contribution in [0.5, 0.6) is 0 Å². The van der Waals surface area contributed by atoms with Gasteiger partial charge in [-0.2, -0.15) is 0 Å². The molecule has 4 nitrogen and oxygen atoms in total. The third-order valence-electron chi connectivity index (χ3n) is 3.25. The van der Waals surface area contributed by atoms with Crippen molar-refractivity contribution in [2.75, 3.05) is 6.54 Å². The molecule has 0 bridgehead atoms. The maximum absolute atomic E-state index is 11.2. The van der Waals surface area contributed by atoms with E-state index in [-0.39, 0.29) is 6.04 Å². The predicted molar refractivity (Wildman–Crippen MR) is 67.3 cm³/mol. The number of hydrogen-bond acceptors (Lipinski definition) is 4. The summed E-state index contributed by atoms with van der Waals surface area (Å²) in [5, 5.41) is 10.3. The fraction of sp³-hybridized carbons (Fsp3) is 0.667. The molecular formula is C12H18N2O2S. The van der Waals surface area contributed by atoms with E-state index in [2.05, 4.69) is 9.88 Å². The number of hydrogen-bond donors (Lipinski definition) is 1. The Bertz CT molecular complexity index is 417. The van der Waals surface area contributed by atoms with E-state index in [1.54, 1.807) is 11.3 Å². The van der Waals surface area contributed by atoms with Gasteiger partial charge in [0.1, 0.15) is 6.04 Å². The quantitative estimate of drug-likeness (QED) is 0.898. The summed E-state index contributed by atoms with van der Waals surface area (Å²) < 4.78 is 0. The maximum atomic E-state index is 11.2. The van der Waals surface area contributed by atoms with E-state index in [1.165, 1.54) is 4.88 Å². The van der Waals surface area contributed by atoms with Crippen molar-refractivity contribution in [1.29, 1.82) is 0 Å². The number of aromatic nitrogens is 1. The second kappa shape index (κ2) is 5.14. The molecule has 0 radical (unpaired) electrons. The molecular weight excluding hydrogens is 236 g/mol. The summed E-state index contributed by atoms with van der Waals surface area (Å²) >= 11 is 1.68. The van der Waals surface area contributed by atoms with E-state index in [0.717, 1.165) is 43.1 Å². The Kier molecular flexibility index (Phi) is 3.79. The molecule has 94 valence electrons. The van der Waals surface area contributed by atoms with Crippen molar-refractivity contribution in [2.24, 2.45) is 0 Å². The number of aryl methyl sites for hydroxylation is 2. The molecule has 1 aliphatic rings. The topological polar surface area (TPSA) is 53.4 Å². The number of aliphatic carboxylic acids is 1. The lowest BCUT2D eigenvalue weighted by molar-refractivity contribution is -0.144. The number of piperidine rings is 1. The molecule has 0 aromatic carbocycles. The van der Waals surface area contributed by atoms with Crippen LogP contribution in [0, 0.1) is 13.8 Å². The molecule has 0 spiro atoms. The number of carboxylic acid groups (broad SMARTS) is 1. The van der Waals surface area contributed by atoms with Crippen molar-refractivity contribution in [2.45, 2.75) is 45.7 Å². The Morgan fingerprint density at radius 1 is 1.53 bits per heavy atom. The van der Waals surface area contributed by atoms with Gasteiger partial charge in [0.2, 0.25) is 0 Å². The van der Waals surface area contributed by atoms with Crippen LogP contribution >= 0.6 is 11.3 Å². The fourth-order valence-corrected chi connectivity index (χ4v) is 3.33. The second-order valence-electron chi connectivity index (χ2n) is 4.56. The van der Waals surface area contributed by atoms with E-state index in [9.17, 15) is 9.90 Å². The van der Waals surface area contributed by atoms with Crippen LogP contribution < -0.4 is 0 Å². The first-order chi connectivity index (χ1) is 8.08. The zero-order valence-electron chi connectivity index (χ0n) is 10.3. The van der Waals surface area contributed by atoms with Crippen molar-refractivity contribution in [3.05, 3.63) is 15.6 Å². The highest BCUT2D eigenvalue weighted by molar-refractivity contribution is 7.11. The highest BCUT2D eigenvalue weighted by Gasteiger charge is 2.28. The molecule has 1 N–H and O–H groups in total. The lowest BCUT2D eigenvalue weighted by Crippen LogP contribution is -2.43. The molecule has 0 saturated carbocycles. The summed E-state index contributed by atoms with van der Waals surface area (Å²) in [5.41, 5.74) is 1.04. The normalized spacial score (nSPS) is 21.6. The molecule has 0 aliphatic carbocycles. The van der Waals surface area contributed by atoms with E-state index < -0.39 is 5.97 Å². The van der Waals surface area contributed by atoms with Crippen LogP contribution in [0.25, 0.3) is 0 Å². The molecule has 0 amide bonds. The SMILES string of the molecule is Cc1nc(C)c(CN2CCCCC2C(=O)O)s1. The fourth-order valence-electron chi connectivity index (χ4n) is 2.36. The van der Waals surface area contributed by atoms with Crippen LogP contribution in [0.15, 0.2) is 0 Å². The van der Waals surface area contributed by atoms with Crippen LogP contribution in [-0.2, 0) is 11.3 Å². The standard InChI is InChI=1S/C12H18N2O2S/c1-8-11(17-9(2)13-8)7-14-6-4-3-5-10(14)12(15)16/h10H,3-7H2,1-2H3,(H,15,16). The van der Waals surface area contributed by atoms with Crippen molar-refractivity contribution in [3.8, 4) is 0 Å². The van der Waals surface area contributed by atoms with Crippen molar-refractivity contribution in [3.63, 3.8) is 0 Å². The van der Waals surface area contributed by atoms with Crippen LogP contribution in [0.1, 0.15) is 34.8 Å². The molecule has 1 fully saturated rings. The smallest absolute Gasteiger partial charge is 0.320 e. The van der Waals surface area contributed by atoms with Gasteiger partial charge in [0.25, 0.3) is 0 Å². The average molecular weight is 254 g/mol. The molecule has 1 aliphatic heterocycles. The summed E-state index contributed by atoms with van der Waals surface area (Å²) in [6.07, 6.45) is 2.89. The Hall–Kier alpha value is -0.940. The molecule has 2 rings (SSSR count). The Labute approximate surface area is 105 Å². The number of likely N-dealkylation sites (tertiary alicyclic amines) is 1. The van der Waals surface area contributed by atoms with Gasteiger partial charge < -0.3 is 5.11 Å². The first-order valence-electron chi connectivity index (χ1n) is 5.97. The van der Waals surface area contributed by atoms with Gasteiger partial charge >= 0.3 is 5.97 Å². The van der Waals surface area contributed by atoms with Crippen molar-refractivity contribution in [1.82, 2.24) is 9.88 Å².